The van der Waals surface area contributed by atoms with Crippen LogP contribution in [0, 0.1) is 0 Å². The van der Waals surface area contributed by atoms with Gasteiger partial charge in [0.1, 0.15) is 24.4 Å². The van der Waals surface area contributed by atoms with E-state index in [0.717, 1.165) is 109 Å². The van der Waals surface area contributed by atoms with E-state index in [9.17, 15) is 35.1 Å². The van der Waals surface area contributed by atoms with Crippen LogP contribution in [0.25, 0.3) is 0 Å². The van der Waals surface area contributed by atoms with Gasteiger partial charge in [0.05, 0.1) is 25.4 Å². The van der Waals surface area contributed by atoms with E-state index < -0.39 is 67.4 Å². The molecule has 0 radical (unpaired) electrons. The standard InChI is InChI=1S/C71H125NO10/c1-4-7-10-13-16-19-22-25-27-29-30-31-32-33-34-35-37-38-40-43-46-49-52-55-58-64(75)70(79)72-62(63(74)57-54-51-48-45-42-24-21-18-15-12-9-6-3)61-80-71-69(68(78)67(77)65(60-73)81-71)82-66(76)59-56-53-50-47-44-41-39-36-28-26-23-20-17-14-11-8-5-2/h7,10,16,19,25,27,30-31,33-34,37-38,54,57,62-65,67-69,71,73-75,77-78H,4-6,8-9,11-15,17-18,20-24,26,28-29,32,35-36,39-53,55-56,58-61H2,1-3H3,(H,72,79)/b10-7-,19-16-,27-25-,31-30-,34-33-,38-37-,57-54+. The summed E-state index contributed by atoms with van der Waals surface area (Å²) in [4.78, 5) is 26.6. The average molecular weight is 1150 g/mol. The van der Waals surface area contributed by atoms with Gasteiger partial charge in [-0.05, 0) is 77.0 Å². The van der Waals surface area contributed by atoms with Crippen molar-refractivity contribution in [2.75, 3.05) is 13.2 Å². The fraction of sp³-hybridized carbons (Fsp3) is 0.775. The summed E-state index contributed by atoms with van der Waals surface area (Å²) >= 11 is 0. The van der Waals surface area contributed by atoms with E-state index in [1.165, 1.54) is 135 Å². The summed E-state index contributed by atoms with van der Waals surface area (Å²) in [5.41, 5.74) is 0. The maximum atomic E-state index is 13.5. The number of allylic oxidation sites excluding steroid dienone is 13. The zero-order chi connectivity index (χ0) is 59.6. The first-order valence-electron chi connectivity index (χ1n) is 33.9. The van der Waals surface area contributed by atoms with Gasteiger partial charge in [-0.15, -0.1) is 0 Å². The number of carbonyl (C=O) groups is 2. The molecule has 1 saturated heterocycles. The number of nitrogens with one attached hydrogen (secondary N) is 1. The van der Waals surface area contributed by atoms with Gasteiger partial charge in [0.15, 0.2) is 12.4 Å². The van der Waals surface area contributed by atoms with Crippen LogP contribution in [0.15, 0.2) is 85.1 Å². The van der Waals surface area contributed by atoms with E-state index in [4.69, 9.17) is 14.2 Å². The largest absolute Gasteiger partial charge is 0.454 e. The first kappa shape index (κ1) is 76.9. The minimum atomic E-state index is -1.62. The Morgan fingerprint density at radius 3 is 1.32 bits per heavy atom. The second-order valence-corrected chi connectivity index (χ2v) is 23.2. The zero-order valence-corrected chi connectivity index (χ0v) is 52.6. The Bertz CT molecular complexity index is 1660. The lowest BCUT2D eigenvalue weighted by atomic mass is 9.99. The van der Waals surface area contributed by atoms with E-state index in [2.05, 4.69) is 99.0 Å². The number of esters is 1. The minimum absolute atomic E-state index is 0.123. The fourth-order valence-electron chi connectivity index (χ4n) is 10.2. The number of ether oxygens (including phenoxy) is 3. The molecule has 1 fully saturated rings. The molecule has 1 rings (SSSR count). The summed E-state index contributed by atoms with van der Waals surface area (Å²) in [6.07, 6.45) is 66.1. The van der Waals surface area contributed by atoms with Crippen LogP contribution in [0.4, 0.5) is 0 Å². The third kappa shape index (κ3) is 45.2. The van der Waals surface area contributed by atoms with Crippen molar-refractivity contribution in [3.8, 4) is 0 Å². The van der Waals surface area contributed by atoms with E-state index >= 15 is 0 Å². The van der Waals surface area contributed by atoms with Crippen molar-refractivity contribution in [1.29, 1.82) is 0 Å². The molecule has 11 heteroatoms. The highest BCUT2D eigenvalue weighted by Crippen LogP contribution is 2.26. The first-order valence-corrected chi connectivity index (χ1v) is 33.9. The van der Waals surface area contributed by atoms with Gasteiger partial charge < -0.3 is 45.1 Å². The van der Waals surface area contributed by atoms with Gasteiger partial charge in [0.2, 0.25) is 5.91 Å². The van der Waals surface area contributed by atoms with Crippen LogP contribution in [-0.4, -0.2) is 99.6 Å². The monoisotopic (exact) mass is 1150 g/mol. The summed E-state index contributed by atoms with van der Waals surface area (Å²) in [6, 6.07) is -1.04. The predicted octanol–water partition coefficient (Wildman–Crippen LogP) is 16.9. The van der Waals surface area contributed by atoms with Gasteiger partial charge in [-0.3, -0.25) is 9.59 Å². The van der Waals surface area contributed by atoms with Crippen LogP contribution in [0.3, 0.4) is 0 Å². The van der Waals surface area contributed by atoms with E-state index in [0.29, 0.717) is 12.8 Å². The van der Waals surface area contributed by atoms with Gasteiger partial charge in [0, 0.05) is 6.42 Å². The van der Waals surface area contributed by atoms with Gasteiger partial charge in [0.25, 0.3) is 0 Å². The topological polar surface area (TPSA) is 175 Å². The Morgan fingerprint density at radius 2 is 0.878 bits per heavy atom. The number of unbranched alkanes of at least 4 members (excludes halogenated alkanes) is 31. The maximum Gasteiger partial charge on any atom is 0.306 e. The van der Waals surface area contributed by atoms with Crippen molar-refractivity contribution in [3.05, 3.63) is 85.1 Å². The highest BCUT2D eigenvalue weighted by atomic mass is 16.7. The molecule has 1 heterocycles. The smallest absolute Gasteiger partial charge is 0.306 e. The summed E-state index contributed by atoms with van der Waals surface area (Å²) in [5, 5.41) is 57.1. The van der Waals surface area contributed by atoms with Crippen LogP contribution < -0.4 is 5.32 Å². The second kappa shape index (κ2) is 58.2. The predicted molar refractivity (Wildman–Crippen MR) is 342 cm³/mol. The summed E-state index contributed by atoms with van der Waals surface area (Å²) in [7, 11) is 0. The van der Waals surface area contributed by atoms with Gasteiger partial charge in [-0.1, -0.05) is 292 Å². The van der Waals surface area contributed by atoms with Gasteiger partial charge >= 0.3 is 5.97 Å². The van der Waals surface area contributed by atoms with Gasteiger partial charge in [-0.2, -0.15) is 0 Å². The van der Waals surface area contributed by atoms with Crippen LogP contribution in [0.5, 0.6) is 0 Å². The second-order valence-electron chi connectivity index (χ2n) is 23.2. The van der Waals surface area contributed by atoms with Crippen LogP contribution >= 0.6 is 0 Å². The molecular weight excluding hydrogens is 1030 g/mol. The Balaban J connectivity index is 2.63. The molecule has 0 aliphatic carbocycles. The molecule has 1 aliphatic heterocycles. The number of amides is 1. The Hall–Kier alpha value is -3.16. The van der Waals surface area contributed by atoms with Crippen LogP contribution in [-0.2, 0) is 23.8 Å². The first-order chi connectivity index (χ1) is 40.2. The number of rotatable bonds is 57. The van der Waals surface area contributed by atoms with Crippen LogP contribution in [0.1, 0.15) is 290 Å². The molecule has 0 aromatic heterocycles. The molecule has 8 atom stereocenters. The number of aliphatic hydroxyl groups is 5. The summed E-state index contributed by atoms with van der Waals surface area (Å²) < 4.78 is 17.7. The van der Waals surface area contributed by atoms with E-state index in [1.54, 1.807) is 6.08 Å². The molecule has 0 bridgehead atoms. The molecule has 82 heavy (non-hydrogen) atoms. The molecule has 0 aromatic rings. The van der Waals surface area contributed by atoms with Crippen molar-refractivity contribution in [3.63, 3.8) is 0 Å². The van der Waals surface area contributed by atoms with Crippen LogP contribution in [0.2, 0.25) is 0 Å². The van der Waals surface area contributed by atoms with Gasteiger partial charge in [-0.25, -0.2) is 0 Å². The fourth-order valence-corrected chi connectivity index (χ4v) is 10.2. The quantitative estimate of drug-likeness (QED) is 0.0195. The summed E-state index contributed by atoms with van der Waals surface area (Å²) in [5.74, 6) is -1.21. The summed E-state index contributed by atoms with van der Waals surface area (Å²) in [6.45, 7) is 5.69. The molecule has 474 valence electrons. The Kier molecular flexibility index (Phi) is 54.6. The molecule has 0 spiro atoms. The molecule has 0 saturated carbocycles. The lowest BCUT2D eigenvalue weighted by Crippen LogP contribution is -2.61. The number of carbonyl (C=O) groups excluding carboxylic acids is 2. The van der Waals surface area contributed by atoms with E-state index in [1.807, 2.05) is 6.08 Å². The highest BCUT2D eigenvalue weighted by Gasteiger charge is 2.47. The van der Waals surface area contributed by atoms with Crippen molar-refractivity contribution in [2.45, 2.75) is 339 Å². The highest BCUT2D eigenvalue weighted by molar-refractivity contribution is 5.80. The lowest BCUT2D eigenvalue weighted by molar-refractivity contribution is -0.305. The average Bonchev–Trinajstić information content (AvgIpc) is 3.68. The molecule has 0 aromatic carbocycles. The third-order valence-corrected chi connectivity index (χ3v) is 15.6. The minimum Gasteiger partial charge on any atom is -0.454 e. The molecule has 1 aliphatic rings. The molecular formula is C71H125NO10. The Labute approximate surface area is 502 Å². The van der Waals surface area contributed by atoms with Crippen molar-refractivity contribution < 1.29 is 49.3 Å². The number of hydrogen-bond acceptors (Lipinski definition) is 10. The van der Waals surface area contributed by atoms with Crippen molar-refractivity contribution in [1.82, 2.24) is 5.32 Å². The molecule has 1 amide bonds. The molecule has 8 unspecified atom stereocenters. The lowest BCUT2D eigenvalue weighted by Gasteiger charge is -2.41. The number of aliphatic hydroxyl groups excluding tert-OH is 5. The van der Waals surface area contributed by atoms with Crippen molar-refractivity contribution >= 4 is 11.9 Å². The Morgan fingerprint density at radius 1 is 0.488 bits per heavy atom. The van der Waals surface area contributed by atoms with E-state index in [-0.39, 0.29) is 19.4 Å². The molecule has 11 nitrogen and oxygen atoms in total. The molecule has 6 N–H and O–H groups in total. The third-order valence-electron chi connectivity index (χ3n) is 15.6. The number of hydrogen-bond donors (Lipinski definition) is 6. The SMILES string of the molecule is CC/C=C\C/C=C\C/C=C\C/C=C\C/C=C\C/C=C\CCCCCCCC(O)C(=O)NC(COC1OC(CO)C(O)C(O)C1OC(=O)CCCCCCCCCCCCCCCCCCC)C(O)/C=C/CCCCCCCCCCCC. The normalized spacial score (nSPS) is 19.1. The maximum absolute atomic E-state index is 13.5. The zero-order valence-electron chi connectivity index (χ0n) is 52.6. The van der Waals surface area contributed by atoms with Crippen molar-refractivity contribution in [2.24, 2.45) is 0 Å².